The third kappa shape index (κ3) is 28.2. The van der Waals surface area contributed by atoms with Gasteiger partial charge in [-0.25, -0.2) is 0 Å². The number of hydrogen-bond donors (Lipinski definition) is 1. The molecular formula is C55H94N6O4. The number of nitrogens with zero attached hydrogens (tertiary/aromatic N) is 5. The number of amides is 1. The van der Waals surface area contributed by atoms with Crippen LogP contribution in [0.4, 0.5) is 0 Å². The third-order valence-electron chi connectivity index (χ3n) is 11.3. The van der Waals surface area contributed by atoms with Gasteiger partial charge in [-0.3, -0.25) is 4.79 Å². The van der Waals surface area contributed by atoms with Gasteiger partial charge >= 0.3 is 0 Å². The molecule has 1 N–H and O–H groups in total. The lowest BCUT2D eigenvalue weighted by molar-refractivity contribution is 0.0720. The van der Waals surface area contributed by atoms with Gasteiger partial charge in [-0.05, 0) is 159 Å². The van der Waals surface area contributed by atoms with Gasteiger partial charge in [-0.1, -0.05) is 91.0 Å². The number of benzene rings is 3. The quantitative estimate of drug-likeness (QED) is 0.0570. The normalized spacial score (nSPS) is 11.3. The molecular weight excluding hydrogens is 809 g/mol. The van der Waals surface area contributed by atoms with E-state index in [1.54, 1.807) is 0 Å². The molecule has 0 heterocycles. The van der Waals surface area contributed by atoms with Crippen LogP contribution in [0.2, 0.25) is 0 Å². The van der Waals surface area contributed by atoms with Crippen LogP contribution in [0.1, 0.15) is 133 Å². The van der Waals surface area contributed by atoms with Gasteiger partial charge in [0.2, 0.25) is 0 Å². The van der Waals surface area contributed by atoms with Crippen molar-refractivity contribution < 1.29 is 19.0 Å². The van der Waals surface area contributed by atoms with Crippen LogP contribution in [0.3, 0.4) is 0 Å². The molecule has 0 radical (unpaired) electrons. The maximum Gasteiger partial charge on any atom is 0.254 e. The molecule has 0 atom stereocenters. The van der Waals surface area contributed by atoms with Gasteiger partial charge in [-0.15, -0.1) is 0 Å². The van der Waals surface area contributed by atoms with Gasteiger partial charge in [0.1, 0.15) is 17.2 Å². The Morgan fingerprint density at radius 2 is 0.846 bits per heavy atom. The minimum atomic E-state index is 0.0602. The molecule has 0 fully saturated rings. The number of carbonyl (C=O) groups is 1. The Labute approximate surface area is 398 Å². The number of unbranched alkanes of at least 4 members (excludes halogenated alkanes) is 5. The summed E-state index contributed by atoms with van der Waals surface area (Å²) in [6.45, 7) is 25.3. The lowest BCUT2D eigenvalue weighted by Gasteiger charge is -2.28. The van der Waals surface area contributed by atoms with Crippen LogP contribution in [-0.2, 0) is 13.1 Å². The Bertz CT molecular complexity index is 1540. The SMILES string of the molecule is CCCCN(CCCC)CCNCc1ccc(OCCCN(C)C)cc1.CCCCOc1ccc(C(=O)N(CCN(CCCC)CCCC)Cc2ccc(OCCCN(C)C)cc2)cc1. The van der Waals surface area contributed by atoms with Crippen LogP contribution in [0.25, 0.3) is 0 Å². The van der Waals surface area contributed by atoms with Crippen molar-refractivity contribution >= 4 is 5.91 Å². The monoisotopic (exact) mass is 903 g/mol. The summed E-state index contributed by atoms with van der Waals surface area (Å²) in [5.74, 6) is 2.72. The molecule has 0 saturated heterocycles. The van der Waals surface area contributed by atoms with Gasteiger partial charge in [-0.2, -0.15) is 0 Å². The second kappa shape index (κ2) is 37.4. The molecule has 368 valence electrons. The smallest absolute Gasteiger partial charge is 0.254 e. The number of ether oxygens (including phenoxy) is 3. The zero-order valence-corrected chi connectivity index (χ0v) is 42.9. The highest BCUT2D eigenvalue weighted by Gasteiger charge is 2.18. The number of carbonyl (C=O) groups excluding carboxylic acids is 1. The molecule has 3 aromatic carbocycles. The van der Waals surface area contributed by atoms with E-state index in [1.165, 1.54) is 70.0 Å². The number of hydrogen-bond acceptors (Lipinski definition) is 9. The van der Waals surface area contributed by atoms with Gasteiger partial charge < -0.3 is 44.0 Å². The molecule has 3 aromatic rings. The zero-order chi connectivity index (χ0) is 47.3. The Kier molecular flexibility index (Phi) is 33.1. The van der Waals surface area contributed by atoms with Gasteiger partial charge in [0.05, 0.1) is 19.8 Å². The zero-order valence-electron chi connectivity index (χ0n) is 42.9. The average molecular weight is 903 g/mol. The highest BCUT2D eigenvalue weighted by Crippen LogP contribution is 2.19. The minimum absolute atomic E-state index is 0.0602. The van der Waals surface area contributed by atoms with Crippen molar-refractivity contribution in [1.82, 2.24) is 29.8 Å². The van der Waals surface area contributed by atoms with E-state index < -0.39 is 0 Å². The van der Waals surface area contributed by atoms with Gasteiger partial charge in [0.15, 0.2) is 0 Å². The molecule has 3 rings (SSSR count). The maximum atomic E-state index is 13.7. The van der Waals surface area contributed by atoms with E-state index in [4.69, 9.17) is 14.2 Å². The largest absolute Gasteiger partial charge is 0.494 e. The third-order valence-corrected chi connectivity index (χ3v) is 11.3. The maximum absolute atomic E-state index is 13.7. The Hall–Kier alpha value is -3.67. The predicted octanol–water partition coefficient (Wildman–Crippen LogP) is 10.7. The molecule has 0 aliphatic carbocycles. The molecule has 10 nitrogen and oxygen atoms in total. The van der Waals surface area contributed by atoms with Crippen molar-refractivity contribution in [2.75, 3.05) is 113 Å². The number of rotatable bonds is 37. The fourth-order valence-corrected chi connectivity index (χ4v) is 7.15. The van der Waals surface area contributed by atoms with Crippen LogP contribution in [0.5, 0.6) is 17.2 Å². The molecule has 0 aromatic heterocycles. The van der Waals surface area contributed by atoms with E-state index in [9.17, 15) is 4.79 Å². The van der Waals surface area contributed by atoms with Crippen molar-refractivity contribution in [2.24, 2.45) is 0 Å². The first-order chi connectivity index (χ1) is 31.6. The summed E-state index contributed by atoms with van der Waals surface area (Å²) < 4.78 is 17.5. The summed E-state index contributed by atoms with van der Waals surface area (Å²) in [6, 6.07) is 24.3. The summed E-state index contributed by atoms with van der Waals surface area (Å²) in [7, 11) is 8.33. The first-order valence-corrected chi connectivity index (χ1v) is 25.5. The van der Waals surface area contributed by atoms with Crippen LogP contribution >= 0.6 is 0 Å². The van der Waals surface area contributed by atoms with Crippen LogP contribution in [-0.4, -0.2) is 144 Å². The fraction of sp³-hybridized carbons (Fsp3) is 0.655. The molecule has 0 saturated carbocycles. The van der Waals surface area contributed by atoms with Crippen molar-refractivity contribution in [3.05, 3.63) is 89.5 Å². The molecule has 1 amide bonds. The number of nitrogens with one attached hydrogen (secondary N) is 1. The molecule has 10 heteroatoms. The molecule has 0 bridgehead atoms. The lowest BCUT2D eigenvalue weighted by Crippen LogP contribution is -2.39. The van der Waals surface area contributed by atoms with Crippen molar-refractivity contribution in [1.29, 1.82) is 0 Å². The van der Waals surface area contributed by atoms with Crippen molar-refractivity contribution in [3.63, 3.8) is 0 Å². The Morgan fingerprint density at radius 1 is 0.446 bits per heavy atom. The van der Waals surface area contributed by atoms with E-state index in [0.29, 0.717) is 31.9 Å². The minimum Gasteiger partial charge on any atom is -0.494 e. The van der Waals surface area contributed by atoms with Crippen molar-refractivity contribution in [2.45, 2.75) is 125 Å². The van der Waals surface area contributed by atoms with E-state index in [0.717, 1.165) is 107 Å². The highest BCUT2D eigenvalue weighted by atomic mass is 16.5. The first kappa shape index (κ1) is 57.5. The Balaban J connectivity index is 0.000000485. The topological polar surface area (TPSA) is 73.0 Å². The average Bonchev–Trinajstić information content (AvgIpc) is 3.31. The second-order valence-electron chi connectivity index (χ2n) is 18.0. The fourth-order valence-electron chi connectivity index (χ4n) is 7.15. The summed E-state index contributed by atoms with van der Waals surface area (Å²) in [4.78, 5) is 25.2. The van der Waals surface area contributed by atoms with E-state index >= 15 is 0 Å². The second-order valence-corrected chi connectivity index (χ2v) is 18.0. The molecule has 0 spiro atoms. The summed E-state index contributed by atoms with van der Waals surface area (Å²) in [5.41, 5.74) is 3.13. The van der Waals surface area contributed by atoms with Gasteiger partial charge in [0.25, 0.3) is 5.91 Å². The first-order valence-electron chi connectivity index (χ1n) is 25.5. The summed E-state index contributed by atoms with van der Waals surface area (Å²) in [6.07, 6.45) is 14.1. The molecule has 0 aliphatic rings. The van der Waals surface area contributed by atoms with Crippen LogP contribution < -0.4 is 19.5 Å². The lowest BCUT2D eigenvalue weighted by atomic mass is 10.1. The van der Waals surface area contributed by atoms with Crippen LogP contribution in [0.15, 0.2) is 72.8 Å². The molecule has 0 unspecified atom stereocenters. The Morgan fingerprint density at radius 3 is 1.28 bits per heavy atom. The standard InChI is InChI=1S/C33H53N3O3.C22H41N3O/c1-6-9-22-35(23-10-7-2)24-25-36(33(37)30-15-19-32(20-16-30)38-26-11-8-3)28-29-13-17-31(18-14-29)39-27-12-21-34(4)5;1-5-7-16-25(17-8-6-2)18-14-23-20-21-10-12-22(13-11-21)26-19-9-15-24(3)4/h13-20H,6-12,21-28H2,1-5H3;10-13,23H,5-9,14-20H2,1-4H3. The van der Waals surface area contributed by atoms with Crippen LogP contribution in [0, 0.1) is 0 Å². The molecule has 0 aliphatic heterocycles. The van der Waals surface area contributed by atoms with Crippen molar-refractivity contribution in [3.8, 4) is 17.2 Å². The van der Waals surface area contributed by atoms with E-state index in [-0.39, 0.29) is 5.91 Å². The van der Waals surface area contributed by atoms with Gasteiger partial charge in [0, 0.05) is 57.9 Å². The highest BCUT2D eigenvalue weighted by molar-refractivity contribution is 5.94. The summed E-state index contributed by atoms with van der Waals surface area (Å²) in [5, 5.41) is 3.58. The van der Waals surface area contributed by atoms with E-state index in [2.05, 4.69) is 124 Å². The summed E-state index contributed by atoms with van der Waals surface area (Å²) >= 11 is 0. The molecule has 65 heavy (non-hydrogen) atoms. The van der Waals surface area contributed by atoms with E-state index in [1.807, 2.05) is 41.3 Å². The predicted molar refractivity (Wildman–Crippen MR) is 276 cm³/mol.